The molecule has 5 heteroatoms. The highest BCUT2D eigenvalue weighted by Gasteiger charge is 2.17. The van der Waals surface area contributed by atoms with E-state index in [-0.39, 0.29) is 5.91 Å². The first-order valence-corrected chi connectivity index (χ1v) is 7.72. The fraction of sp³-hybridized carbons (Fsp3) is 0.429. The summed E-state index contributed by atoms with van der Waals surface area (Å²) in [5, 5.41) is 0. The van der Waals surface area contributed by atoms with Crippen LogP contribution in [0, 0.1) is 9.49 Å². The van der Waals surface area contributed by atoms with Gasteiger partial charge in [0, 0.05) is 28.6 Å². The minimum atomic E-state index is 0.0449. The van der Waals surface area contributed by atoms with Gasteiger partial charge in [0.15, 0.2) is 0 Å². The fourth-order valence-electron chi connectivity index (χ4n) is 1.77. The van der Waals surface area contributed by atoms with Gasteiger partial charge >= 0.3 is 0 Å². The summed E-state index contributed by atoms with van der Waals surface area (Å²) in [7, 11) is 0. The number of benzene rings is 1. The van der Waals surface area contributed by atoms with Crippen LogP contribution in [-0.4, -0.2) is 28.9 Å². The first kappa shape index (κ1) is 16.4. The summed E-state index contributed by atoms with van der Waals surface area (Å²) in [6.07, 6.45) is 0.567. The standard InChI is InChI=1S/C14H19IN2OS/c1-10(2)9-17(7-6-13(16)19)14(18)11-4-3-5-12(15)8-11/h3-5,8,10H,6-7,9H2,1-2H3,(H2,16,19). The second-order valence-corrected chi connectivity index (χ2v) is 6.64. The van der Waals surface area contributed by atoms with Crippen LogP contribution in [0.2, 0.25) is 0 Å². The quantitative estimate of drug-likeness (QED) is 0.600. The van der Waals surface area contributed by atoms with Crippen molar-refractivity contribution in [2.24, 2.45) is 11.7 Å². The van der Waals surface area contributed by atoms with Crippen LogP contribution >= 0.6 is 34.8 Å². The molecule has 1 aromatic carbocycles. The highest BCUT2D eigenvalue weighted by atomic mass is 127. The van der Waals surface area contributed by atoms with Crippen molar-refractivity contribution in [3.8, 4) is 0 Å². The zero-order valence-electron chi connectivity index (χ0n) is 11.2. The molecule has 0 fully saturated rings. The van der Waals surface area contributed by atoms with Crippen LogP contribution in [0.25, 0.3) is 0 Å². The number of halogens is 1. The average molecular weight is 390 g/mol. The van der Waals surface area contributed by atoms with Gasteiger partial charge in [0.05, 0.1) is 4.99 Å². The van der Waals surface area contributed by atoms with Crippen molar-refractivity contribution in [1.82, 2.24) is 4.90 Å². The molecule has 0 aliphatic carbocycles. The monoisotopic (exact) mass is 390 g/mol. The molecule has 104 valence electrons. The lowest BCUT2D eigenvalue weighted by Gasteiger charge is -2.24. The van der Waals surface area contributed by atoms with Crippen molar-refractivity contribution < 1.29 is 4.79 Å². The highest BCUT2D eigenvalue weighted by molar-refractivity contribution is 14.1. The van der Waals surface area contributed by atoms with Crippen molar-refractivity contribution >= 4 is 45.7 Å². The Kier molecular flexibility index (Phi) is 6.71. The molecule has 0 radical (unpaired) electrons. The van der Waals surface area contributed by atoms with E-state index in [2.05, 4.69) is 36.4 Å². The van der Waals surface area contributed by atoms with Crippen molar-refractivity contribution in [3.63, 3.8) is 0 Å². The van der Waals surface area contributed by atoms with E-state index in [1.165, 1.54) is 0 Å². The largest absolute Gasteiger partial charge is 0.393 e. The fourth-order valence-corrected chi connectivity index (χ4v) is 2.40. The number of thiocarbonyl (C=S) groups is 1. The number of carbonyl (C=O) groups is 1. The second kappa shape index (κ2) is 7.79. The van der Waals surface area contributed by atoms with E-state index in [1.807, 2.05) is 29.2 Å². The predicted octanol–water partition coefficient (Wildman–Crippen LogP) is 3.07. The third kappa shape index (κ3) is 5.86. The van der Waals surface area contributed by atoms with Gasteiger partial charge in [-0.15, -0.1) is 0 Å². The van der Waals surface area contributed by atoms with Gasteiger partial charge in [-0.2, -0.15) is 0 Å². The summed E-state index contributed by atoms with van der Waals surface area (Å²) in [5.41, 5.74) is 6.24. The number of rotatable bonds is 6. The topological polar surface area (TPSA) is 46.3 Å². The van der Waals surface area contributed by atoms with E-state index in [1.54, 1.807) is 0 Å². The van der Waals surface area contributed by atoms with E-state index in [0.29, 0.717) is 30.4 Å². The minimum absolute atomic E-state index is 0.0449. The van der Waals surface area contributed by atoms with Crippen LogP contribution in [-0.2, 0) is 0 Å². The maximum Gasteiger partial charge on any atom is 0.253 e. The van der Waals surface area contributed by atoms with Crippen LogP contribution in [0.4, 0.5) is 0 Å². The maximum absolute atomic E-state index is 12.5. The number of carbonyl (C=O) groups excluding carboxylic acids is 1. The number of amides is 1. The average Bonchev–Trinajstić information content (AvgIpc) is 2.33. The molecular formula is C14H19IN2OS. The molecule has 1 aromatic rings. The number of hydrogen-bond donors (Lipinski definition) is 1. The Balaban J connectivity index is 2.83. The Bertz CT molecular complexity index is 463. The Morgan fingerprint density at radius 2 is 2.16 bits per heavy atom. The third-order valence-corrected chi connectivity index (χ3v) is 3.45. The number of nitrogens with zero attached hydrogens (tertiary/aromatic N) is 1. The van der Waals surface area contributed by atoms with Crippen molar-refractivity contribution in [2.45, 2.75) is 20.3 Å². The molecule has 19 heavy (non-hydrogen) atoms. The predicted molar refractivity (Wildman–Crippen MR) is 91.3 cm³/mol. The first-order valence-electron chi connectivity index (χ1n) is 6.23. The number of nitrogens with two attached hydrogens (primary N) is 1. The zero-order chi connectivity index (χ0) is 14.4. The maximum atomic E-state index is 12.5. The molecule has 3 nitrogen and oxygen atoms in total. The van der Waals surface area contributed by atoms with Gasteiger partial charge in [0.25, 0.3) is 5.91 Å². The lowest BCUT2D eigenvalue weighted by atomic mass is 10.1. The summed E-state index contributed by atoms with van der Waals surface area (Å²) in [6.45, 7) is 5.48. The lowest BCUT2D eigenvalue weighted by Crippen LogP contribution is -2.36. The smallest absolute Gasteiger partial charge is 0.253 e. The van der Waals surface area contributed by atoms with E-state index in [4.69, 9.17) is 18.0 Å². The second-order valence-electron chi connectivity index (χ2n) is 4.87. The summed E-state index contributed by atoms with van der Waals surface area (Å²) in [6, 6.07) is 7.62. The van der Waals surface area contributed by atoms with Crippen LogP contribution in [0.5, 0.6) is 0 Å². The minimum Gasteiger partial charge on any atom is -0.393 e. The summed E-state index contributed by atoms with van der Waals surface area (Å²) in [4.78, 5) is 14.8. The molecule has 0 aliphatic rings. The van der Waals surface area contributed by atoms with Gasteiger partial charge in [0.2, 0.25) is 0 Å². The van der Waals surface area contributed by atoms with Crippen LogP contribution in [0.3, 0.4) is 0 Å². The normalized spacial score (nSPS) is 10.5. The number of hydrogen-bond acceptors (Lipinski definition) is 2. The molecule has 1 amide bonds. The van der Waals surface area contributed by atoms with E-state index < -0.39 is 0 Å². The van der Waals surface area contributed by atoms with Gasteiger partial charge in [-0.05, 0) is 46.7 Å². The summed E-state index contributed by atoms with van der Waals surface area (Å²) in [5.74, 6) is 0.460. The van der Waals surface area contributed by atoms with Crippen LogP contribution in [0.15, 0.2) is 24.3 Å². The van der Waals surface area contributed by atoms with Gasteiger partial charge in [-0.3, -0.25) is 4.79 Å². The summed E-state index contributed by atoms with van der Waals surface area (Å²) < 4.78 is 1.06. The molecule has 0 heterocycles. The van der Waals surface area contributed by atoms with Crippen molar-refractivity contribution in [3.05, 3.63) is 33.4 Å². The molecule has 0 saturated heterocycles. The molecule has 0 saturated carbocycles. The van der Waals surface area contributed by atoms with E-state index >= 15 is 0 Å². The molecule has 2 N–H and O–H groups in total. The van der Waals surface area contributed by atoms with Crippen LogP contribution in [0.1, 0.15) is 30.6 Å². The molecule has 1 rings (SSSR count). The molecule has 0 atom stereocenters. The Labute approximate surface area is 133 Å². The third-order valence-electron chi connectivity index (χ3n) is 2.57. The first-order chi connectivity index (χ1) is 8.90. The molecule has 0 aliphatic heterocycles. The zero-order valence-corrected chi connectivity index (χ0v) is 14.2. The highest BCUT2D eigenvalue weighted by Crippen LogP contribution is 2.12. The SMILES string of the molecule is CC(C)CN(CCC(N)=S)C(=O)c1cccc(I)c1. The Morgan fingerprint density at radius 3 is 2.68 bits per heavy atom. The molecule has 0 aromatic heterocycles. The van der Waals surface area contributed by atoms with Crippen LogP contribution < -0.4 is 5.73 Å². The molecular weight excluding hydrogens is 371 g/mol. The van der Waals surface area contributed by atoms with E-state index in [0.717, 1.165) is 9.13 Å². The molecule has 0 bridgehead atoms. The van der Waals surface area contributed by atoms with Gasteiger partial charge < -0.3 is 10.6 Å². The van der Waals surface area contributed by atoms with Gasteiger partial charge in [0.1, 0.15) is 0 Å². The Morgan fingerprint density at radius 1 is 1.47 bits per heavy atom. The lowest BCUT2D eigenvalue weighted by molar-refractivity contribution is 0.0741. The van der Waals surface area contributed by atoms with Gasteiger partial charge in [-0.1, -0.05) is 32.1 Å². The molecule has 0 spiro atoms. The molecule has 0 unspecified atom stereocenters. The summed E-state index contributed by atoms with van der Waals surface area (Å²) >= 11 is 7.10. The van der Waals surface area contributed by atoms with Gasteiger partial charge in [-0.25, -0.2) is 0 Å². The van der Waals surface area contributed by atoms with Crippen molar-refractivity contribution in [1.29, 1.82) is 0 Å². The van der Waals surface area contributed by atoms with Crippen molar-refractivity contribution in [2.75, 3.05) is 13.1 Å². The van der Waals surface area contributed by atoms with E-state index in [9.17, 15) is 4.79 Å². The Hall–Kier alpha value is -0.690.